The number of hydrogen-bond donors (Lipinski definition) is 1. The van der Waals surface area contributed by atoms with Crippen LogP contribution >= 0.6 is 15.9 Å². The van der Waals surface area contributed by atoms with Gasteiger partial charge in [0.2, 0.25) is 5.91 Å². The zero-order valence-electron chi connectivity index (χ0n) is 16.5. The molecule has 1 aliphatic rings. The standard InChI is InChI=1S/C22H33BrN2O2/c1-2-3-4-5-6-7-8-9-10-11-16-24-20-17-21(26)25(22(20)27)19-14-12-18(23)13-15-19/h12-15,20,24H,2-11,16-17H2,1H3/t20-/m0/s1. The predicted molar refractivity (Wildman–Crippen MR) is 115 cm³/mol. The third kappa shape index (κ3) is 7.38. The number of carbonyl (C=O) groups is 2. The normalized spacial score (nSPS) is 17.1. The fraction of sp³-hybridized carbons (Fsp3) is 0.636. The fourth-order valence-corrected chi connectivity index (χ4v) is 3.81. The number of nitrogens with one attached hydrogen (secondary N) is 1. The number of amides is 2. The lowest BCUT2D eigenvalue weighted by Crippen LogP contribution is -2.39. The van der Waals surface area contributed by atoms with E-state index in [0.29, 0.717) is 5.69 Å². The fourth-order valence-electron chi connectivity index (χ4n) is 3.54. The highest BCUT2D eigenvalue weighted by molar-refractivity contribution is 9.10. The van der Waals surface area contributed by atoms with Gasteiger partial charge in [0, 0.05) is 4.47 Å². The molecule has 150 valence electrons. The Hall–Kier alpha value is -1.20. The molecule has 0 aromatic heterocycles. The van der Waals surface area contributed by atoms with Crippen LogP contribution < -0.4 is 10.2 Å². The number of halogens is 1. The molecule has 0 unspecified atom stereocenters. The van der Waals surface area contributed by atoms with E-state index in [-0.39, 0.29) is 24.3 Å². The van der Waals surface area contributed by atoms with Crippen molar-refractivity contribution in [1.82, 2.24) is 5.32 Å². The molecule has 27 heavy (non-hydrogen) atoms. The van der Waals surface area contributed by atoms with Gasteiger partial charge in [0.15, 0.2) is 0 Å². The highest BCUT2D eigenvalue weighted by Gasteiger charge is 2.38. The lowest BCUT2D eigenvalue weighted by atomic mass is 10.1. The van der Waals surface area contributed by atoms with Crippen LogP contribution in [0.15, 0.2) is 28.7 Å². The first-order valence-corrected chi connectivity index (χ1v) is 11.3. The number of nitrogens with zero attached hydrogens (tertiary/aromatic N) is 1. The Balaban J connectivity index is 1.58. The SMILES string of the molecule is CCCCCCCCCCCCN[C@H]1CC(=O)N(c2ccc(Br)cc2)C1=O. The van der Waals surface area contributed by atoms with Crippen LogP contribution in [0.3, 0.4) is 0 Å². The summed E-state index contributed by atoms with van der Waals surface area (Å²) in [5.74, 6) is -0.253. The van der Waals surface area contributed by atoms with Crippen LogP contribution in [0.1, 0.15) is 77.6 Å². The molecule has 1 aromatic rings. The summed E-state index contributed by atoms with van der Waals surface area (Å²) in [5.41, 5.74) is 0.649. The molecule has 1 N–H and O–H groups in total. The first-order chi connectivity index (χ1) is 13.1. The Morgan fingerprint density at radius 2 is 1.48 bits per heavy atom. The topological polar surface area (TPSA) is 49.4 Å². The molecule has 0 radical (unpaired) electrons. The molecular formula is C22H33BrN2O2. The van der Waals surface area contributed by atoms with Gasteiger partial charge in [-0.25, -0.2) is 4.90 Å². The van der Waals surface area contributed by atoms with E-state index < -0.39 is 0 Å². The summed E-state index contributed by atoms with van der Waals surface area (Å²) < 4.78 is 0.931. The smallest absolute Gasteiger partial charge is 0.251 e. The summed E-state index contributed by atoms with van der Waals surface area (Å²) in [5, 5.41) is 3.28. The Morgan fingerprint density at radius 3 is 2.07 bits per heavy atom. The molecule has 0 spiro atoms. The number of carbonyl (C=O) groups excluding carboxylic acids is 2. The van der Waals surface area contributed by atoms with Crippen molar-refractivity contribution >= 4 is 33.4 Å². The maximum Gasteiger partial charge on any atom is 0.251 e. The van der Waals surface area contributed by atoms with Crippen molar-refractivity contribution in [3.05, 3.63) is 28.7 Å². The zero-order valence-corrected chi connectivity index (χ0v) is 18.1. The Bertz CT molecular complexity index is 588. The lowest BCUT2D eigenvalue weighted by molar-refractivity contribution is -0.121. The largest absolute Gasteiger partial charge is 0.305 e. The van der Waals surface area contributed by atoms with Gasteiger partial charge in [-0.3, -0.25) is 9.59 Å². The number of unbranched alkanes of at least 4 members (excludes halogenated alkanes) is 9. The number of hydrogen-bond acceptors (Lipinski definition) is 3. The van der Waals surface area contributed by atoms with Crippen molar-refractivity contribution in [1.29, 1.82) is 0 Å². The van der Waals surface area contributed by atoms with Crippen molar-refractivity contribution in [3.8, 4) is 0 Å². The molecule has 1 saturated heterocycles. The van der Waals surface area contributed by atoms with Gasteiger partial charge in [-0.15, -0.1) is 0 Å². The van der Waals surface area contributed by atoms with E-state index in [9.17, 15) is 9.59 Å². The van der Waals surface area contributed by atoms with Gasteiger partial charge >= 0.3 is 0 Å². The minimum absolute atomic E-state index is 0.122. The molecule has 1 heterocycles. The molecule has 0 saturated carbocycles. The van der Waals surface area contributed by atoms with Crippen molar-refractivity contribution in [2.75, 3.05) is 11.4 Å². The van der Waals surface area contributed by atoms with Gasteiger partial charge in [-0.2, -0.15) is 0 Å². The summed E-state index contributed by atoms with van der Waals surface area (Å²) in [4.78, 5) is 26.1. The van der Waals surface area contributed by atoms with Gasteiger partial charge in [0.1, 0.15) is 0 Å². The maximum absolute atomic E-state index is 12.5. The van der Waals surface area contributed by atoms with Crippen LogP contribution in [0.2, 0.25) is 0 Å². The van der Waals surface area contributed by atoms with Gasteiger partial charge < -0.3 is 5.32 Å². The van der Waals surface area contributed by atoms with Crippen molar-refractivity contribution < 1.29 is 9.59 Å². The maximum atomic E-state index is 12.5. The molecule has 0 bridgehead atoms. The van der Waals surface area contributed by atoms with E-state index >= 15 is 0 Å². The van der Waals surface area contributed by atoms with Crippen molar-refractivity contribution in [2.24, 2.45) is 0 Å². The summed E-state index contributed by atoms with van der Waals surface area (Å²) in [6, 6.07) is 6.91. The summed E-state index contributed by atoms with van der Waals surface area (Å²) in [6.07, 6.45) is 13.2. The van der Waals surface area contributed by atoms with E-state index in [1.165, 1.54) is 62.7 Å². The Morgan fingerprint density at radius 1 is 0.926 bits per heavy atom. The van der Waals surface area contributed by atoms with Crippen LogP contribution in [0, 0.1) is 0 Å². The second-order valence-electron chi connectivity index (χ2n) is 7.44. The van der Waals surface area contributed by atoms with Gasteiger partial charge in [-0.1, -0.05) is 80.6 Å². The van der Waals surface area contributed by atoms with Crippen LogP contribution in [-0.2, 0) is 9.59 Å². The zero-order chi connectivity index (χ0) is 19.5. The Labute approximate surface area is 172 Å². The van der Waals surface area contributed by atoms with Crippen LogP contribution in [0.5, 0.6) is 0 Å². The third-order valence-electron chi connectivity index (χ3n) is 5.15. The summed E-state index contributed by atoms with van der Waals surface area (Å²) in [7, 11) is 0. The molecule has 0 aliphatic carbocycles. The molecule has 1 aromatic carbocycles. The second-order valence-corrected chi connectivity index (χ2v) is 8.35. The monoisotopic (exact) mass is 436 g/mol. The minimum atomic E-state index is -0.375. The van der Waals surface area contributed by atoms with E-state index in [4.69, 9.17) is 0 Å². The average molecular weight is 437 g/mol. The first-order valence-electron chi connectivity index (χ1n) is 10.5. The molecule has 1 aliphatic heterocycles. The highest BCUT2D eigenvalue weighted by Crippen LogP contribution is 2.24. The molecule has 5 heteroatoms. The first kappa shape index (κ1) is 22.1. The molecule has 2 rings (SSSR count). The molecular weight excluding hydrogens is 404 g/mol. The van der Waals surface area contributed by atoms with Crippen molar-refractivity contribution in [2.45, 2.75) is 83.6 Å². The molecule has 1 atom stereocenters. The second kappa shape index (κ2) is 12.3. The van der Waals surface area contributed by atoms with Crippen molar-refractivity contribution in [3.63, 3.8) is 0 Å². The van der Waals surface area contributed by atoms with Crippen LogP contribution in [0.25, 0.3) is 0 Å². The van der Waals surface area contributed by atoms with Gasteiger partial charge in [-0.05, 0) is 37.2 Å². The number of anilines is 1. The average Bonchev–Trinajstić information content (AvgIpc) is 2.94. The highest BCUT2D eigenvalue weighted by atomic mass is 79.9. The quantitative estimate of drug-likeness (QED) is 0.323. The van der Waals surface area contributed by atoms with Gasteiger partial charge in [0.25, 0.3) is 5.91 Å². The van der Waals surface area contributed by atoms with E-state index in [1.807, 2.05) is 12.1 Å². The molecule has 4 nitrogen and oxygen atoms in total. The van der Waals surface area contributed by atoms with Crippen LogP contribution in [0.4, 0.5) is 5.69 Å². The Kier molecular flexibility index (Phi) is 10.1. The molecule has 2 amide bonds. The molecule has 1 fully saturated rings. The number of benzene rings is 1. The summed E-state index contributed by atoms with van der Waals surface area (Å²) in [6.45, 7) is 3.05. The van der Waals surface area contributed by atoms with E-state index in [1.54, 1.807) is 12.1 Å². The van der Waals surface area contributed by atoms with E-state index in [2.05, 4.69) is 28.2 Å². The number of imide groups is 1. The lowest BCUT2D eigenvalue weighted by Gasteiger charge is -2.15. The summed E-state index contributed by atoms with van der Waals surface area (Å²) >= 11 is 3.37. The third-order valence-corrected chi connectivity index (χ3v) is 5.68. The van der Waals surface area contributed by atoms with Gasteiger partial charge in [0.05, 0.1) is 18.2 Å². The minimum Gasteiger partial charge on any atom is -0.305 e. The predicted octanol–water partition coefficient (Wildman–Crippen LogP) is 5.59. The van der Waals surface area contributed by atoms with E-state index in [0.717, 1.165) is 17.4 Å². The van der Waals surface area contributed by atoms with Crippen LogP contribution in [-0.4, -0.2) is 24.4 Å². The number of rotatable bonds is 13.